The largest absolute Gasteiger partial charge is 0.382 e. The summed E-state index contributed by atoms with van der Waals surface area (Å²) in [4.78, 5) is 3.56. The first-order chi connectivity index (χ1) is 3.77. The predicted molar refractivity (Wildman–Crippen MR) is 20.3 cm³/mol. The van der Waals surface area contributed by atoms with Crippen LogP contribution in [0.3, 0.4) is 0 Å². The van der Waals surface area contributed by atoms with Gasteiger partial charge in [0.15, 0.2) is 0 Å². The molecule has 0 aromatic rings. The average Bonchev–Trinajstić information content (AvgIpc) is 2.17. The summed E-state index contributed by atoms with van der Waals surface area (Å²) in [5.74, 6) is -1.79. The minimum Gasteiger partial charge on any atom is -0.259 e. The van der Waals surface area contributed by atoms with Crippen LogP contribution in [0.2, 0.25) is 0 Å². The van der Waals surface area contributed by atoms with Gasteiger partial charge in [-0.3, -0.25) is 5.73 Å². The lowest BCUT2D eigenvalue weighted by Crippen LogP contribution is -2.35. The molecule has 0 saturated heterocycles. The van der Waals surface area contributed by atoms with E-state index in [1.165, 1.54) is 0 Å². The Balaban J connectivity index is 2.69. The van der Waals surface area contributed by atoms with Crippen LogP contribution in [0.4, 0.5) is 0 Å². The Morgan fingerprint density at radius 1 is 1.38 bits per heavy atom. The standard InChI is InChI=1S/CH3N5O2/c2-1(8-7)3-5-6-4-1/h7H,2H2. The first kappa shape index (κ1) is 5.22. The van der Waals surface area contributed by atoms with Crippen molar-refractivity contribution in [3.05, 3.63) is 0 Å². The second-order valence-corrected chi connectivity index (χ2v) is 1.13. The smallest absolute Gasteiger partial charge is 0.259 e. The molecule has 0 aliphatic carbocycles. The van der Waals surface area contributed by atoms with Crippen LogP contribution in [0, 0.1) is 0 Å². The number of hydrogen-bond acceptors (Lipinski definition) is 7. The van der Waals surface area contributed by atoms with E-state index < -0.39 is 5.97 Å². The summed E-state index contributed by atoms with van der Waals surface area (Å²) < 4.78 is 0. The van der Waals surface area contributed by atoms with Crippen LogP contribution in [0.1, 0.15) is 0 Å². The van der Waals surface area contributed by atoms with Gasteiger partial charge in [-0.2, -0.15) is 4.89 Å². The highest BCUT2D eigenvalue weighted by atomic mass is 17.1. The maximum absolute atomic E-state index is 7.89. The van der Waals surface area contributed by atoms with Gasteiger partial charge in [-0.15, -0.1) is 0 Å². The highest BCUT2D eigenvalue weighted by Crippen LogP contribution is 2.12. The van der Waals surface area contributed by atoms with Crippen molar-refractivity contribution in [2.45, 2.75) is 5.97 Å². The molecule has 0 bridgehead atoms. The Labute approximate surface area is 43.8 Å². The monoisotopic (exact) mass is 117 g/mol. The highest BCUT2D eigenvalue weighted by Gasteiger charge is 2.28. The zero-order valence-corrected chi connectivity index (χ0v) is 3.72. The van der Waals surface area contributed by atoms with Crippen LogP contribution in [-0.2, 0) is 4.89 Å². The third-order valence-electron chi connectivity index (χ3n) is 0.550. The van der Waals surface area contributed by atoms with Crippen molar-refractivity contribution in [2.75, 3.05) is 0 Å². The molecule has 0 radical (unpaired) electrons. The summed E-state index contributed by atoms with van der Waals surface area (Å²) in [5.41, 5.74) is 4.97. The van der Waals surface area contributed by atoms with Crippen LogP contribution in [-0.4, -0.2) is 11.2 Å². The molecule has 0 spiro atoms. The topological polar surface area (TPSA) is 105 Å². The second-order valence-electron chi connectivity index (χ2n) is 1.13. The lowest BCUT2D eigenvalue weighted by molar-refractivity contribution is -0.318. The van der Waals surface area contributed by atoms with Crippen molar-refractivity contribution >= 4 is 0 Å². The SMILES string of the molecule is NC1(OO)N=NN=N1. The van der Waals surface area contributed by atoms with E-state index in [9.17, 15) is 0 Å². The van der Waals surface area contributed by atoms with E-state index in [0.717, 1.165) is 0 Å². The summed E-state index contributed by atoms with van der Waals surface area (Å²) >= 11 is 0. The molecule has 0 amide bonds. The number of nitrogens with zero attached hydrogens (tertiary/aromatic N) is 4. The van der Waals surface area contributed by atoms with Gasteiger partial charge in [0.1, 0.15) is 0 Å². The molecule has 7 heteroatoms. The Bertz CT molecular complexity index is 127. The zero-order chi connectivity index (χ0) is 6.04. The molecule has 1 heterocycles. The van der Waals surface area contributed by atoms with E-state index in [0.29, 0.717) is 0 Å². The molecule has 0 fully saturated rings. The fourth-order valence-electron chi connectivity index (χ4n) is 0.225. The summed E-state index contributed by atoms with van der Waals surface area (Å²) in [6, 6.07) is 0. The Hall–Kier alpha value is -0.920. The molecule has 0 unspecified atom stereocenters. The average molecular weight is 117 g/mol. The molecule has 3 N–H and O–H groups in total. The zero-order valence-electron chi connectivity index (χ0n) is 3.72. The van der Waals surface area contributed by atoms with Gasteiger partial charge in [-0.1, -0.05) is 10.2 Å². The van der Waals surface area contributed by atoms with E-state index in [1.807, 2.05) is 0 Å². The molecule has 44 valence electrons. The number of rotatable bonds is 1. The van der Waals surface area contributed by atoms with Crippen molar-refractivity contribution in [2.24, 2.45) is 26.4 Å². The van der Waals surface area contributed by atoms with E-state index >= 15 is 0 Å². The first-order valence-corrected chi connectivity index (χ1v) is 1.72. The van der Waals surface area contributed by atoms with Gasteiger partial charge in [0.25, 0.3) is 0 Å². The molecule has 1 aliphatic rings. The molecule has 1 rings (SSSR count). The van der Waals surface area contributed by atoms with E-state index in [2.05, 4.69) is 25.6 Å². The fourth-order valence-corrected chi connectivity index (χ4v) is 0.225. The van der Waals surface area contributed by atoms with Crippen molar-refractivity contribution in [1.82, 2.24) is 0 Å². The van der Waals surface area contributed by atoms with Crippen LogP contribution >= 0.6 is 0 Å². The third kappa shape index (κ3) is 0.689. The predicted octanol–water partition coefficient (Wildman–Crippen LogP) is -0.121. The maximum Gasteiger partial charge on any atom is 0.382 e. The van der Waals surface area contributed by atoms with Crippen LogP contribution in [0.25, 0.3) is 0 Å². The lowest BCUT2D eigenvalue weighted by atomic mass is 10.8. The van der Waals surface area contributed by atoms with Crippen LogP contribution in [0.15, 0.2) is 20.7 Å². The summed E-state index contributed by atoms with van der Waals surface area (Å²) in [6.07, 6.45) is 0. The van der Waals surface area contributed by atoms with E-state index in [4.69, 9.17) is 11.0 Å². The fraction of sp³-hybridized carbons (Fsp3) is 1.00. The Morgan fingerprint density at radius 2 is 1.88 bits per heavy atom. The molecular formula is CH3N5O2. The molecule has 0 atom stereocenters. The summed E-state index contributed by atoms with van der Waals surface area (Å²) in [6.45, 7) is 0. The van der Waals surface area contributed by atoms with Crippen molar-refractivity contribution in [1.29, 1.82) is 0 Å². The van der Waals surface area contributed by atoms with Crippen LogP contribution < -0.4 is 5.73 Å². The quantitative estimate of drug-likeness (QED) is 0.284. The number of hydrogen-bond donors (Lipinski definition) is 2. The van der Waals surface area contributed by atoms with E-state index in [1.54, 1.807) is 0 Å². The van der Waals surface area contributed by atoms with Crippen molar-refractivity contribution < 1.29 is 10.1 Å². The minimum absolute atomic E-state index is 1.79. The van der Waals surface area contributed by atoms with Gasteiger partial charge >= 0.3 is 5.97 Å². The van der Waals surface area contributed by atoms with Crippen molar-refractivity contribution in [3.8, 4) is 0 Å². The molecule has 7 nitrogen and oxygen atoms in total. The van der Waals surface area contributed by atoms with Crippen molar-refractivity contribution in [3.63, 3.8) is 0 Å². The van der Waals surface area contributed by atoms with Gasteiger partial charge in [0, 0.05) is 0 Å². The molecule has 0 aromatic carbocycles. The first-order valence-electron chi connectivity index (χ1n) is 1.72. The highest BCUT2D eigenvalue weighted by molar-refractivity contribution is 4.61. The minimum atomic E-state index is -1.79. The third-order valence-corrected chi connectivity index (χ3v) is 0.550. The van der Waals surface area contributed by atoms with E-state index in [-0.39, 0.29) is 0 Å². The van der Waals surface area contributed by atoms with Gasteiger partial charge in [0.2, 0.25) is 0 Å². The molecule has 0 aromatic heterocycles. The summed E-state index contributed by atoms with van der Waals surface area (Å²) in [7, 11) is 0. The maximum atomic E-state index is 7.89. The van der Waals surface area contributed by atoms with Gasteiger partial charge in [0.05, 0.1) is 0 Å². The van der Waals surface area contributed by atoms with Crippen LogP contribution in [0.5, 0.6) is 0 Å². The molecule has 8 heavy (non-hydrogen) atoms. The number of nitrogens with two attached hydrogens (primary N) is 1. The molecule has 0 saturated carbocycles. The van der Waals surface area contributed by atoms with Gasteiger partial charge in [-0.05, 0) is 10.4 Å². The second kappa shape index (κ2) is 1.54. The Kier molecular flexibility index (Phi) is 1.01. The summed E-state index contributed by atoms with van der Waals surface area (Å²) in [5, 5.41) is 20.0. The molecular weight excluding hydrogens is 114 g/mol. The Morgan fingerprint density at radius 3 is 2.12 bits per heavy atom. The normalized spacial score (nSPS) is 22.2. The molecule has 1 aliphatic heterocycles. The van der Waals surface area contributed by atoms with Gasteiger partial charge in [-0.25, -0.2) is 5.26 Å². The lowest BCUT2D eigenvalue weighted by Gasteiger charge is -2.04. The van der Waals surface area contributed by atoms with Gasteiger partial charge < -0.3 is 0 Å².